The number of benzene rings is 2. The van der Waals surface area contributed by atoms with E-state index >= 15 is 0 Å². The minimum absolute atomic E-state index is 0.281. The number of aromatic nitrogens is 3. The maximum Gasteiger partial charge on any atom is 0.163 e. The smallest absolute Gasteiger partial charge is 0.163 e. The molecule has 28 heavy (non-hydrogen) atoms. The number of anilines is 3. The minimum atomic E-state index is -0.281. The number of pyridine rings is 1. The van der Waals surface area contributed by atoms with Crippen molar-refractivity contribution in [3.05, 3.63) is 96.6 Å². The molecule has 6 heteroatoms. The highest BCUT2D eigenvalue weighted by Crippen LogP contribution is 2.23. The topological polar surface area (TPSA) is 62.7 Å². The Hall–Kier alpha value is -3.80. The van der Waals surface area contributed by atoms with Crippen LogP contribution in [-0.4, -0.2) is 15.0 Å². The molecule has 0 atom stereocenters. The molecule has 5 nitrogen and oxygen atoms in total. The molecule has 138 valence electrons. The highest BCUT2D eigenvalue weighted by Gasteiger charge is 2.08. The molecule has 2 aromatic heterocycles. The Labute approximate surface area is 162 Å². The van der Waals surface area contributed by atoms with Gasteiger partial charge in [0.1, 0.15) is 17.5 Å². The zero-order chi connectivity index (χ0) is 19.2. The monoisotopic (exact) mass is 371 g/mol. The Balaban J connectivity index is 1.63. The summed E-state index contributed by atoms with van der Waals surface area (Å²) >= 11 is 0. The second kappa shape index (κ2) is 8.26. The molecule has 0 fully saturated rings. The van der Waals surface area contributed by atoms with Crippen molar-refractivity contribution in [1.82, 2.24) is 15.0 Å². The van der Waals surface area contributed by atoms with Crippen LogP contribution in [0.3, 0.4) is 0 Å². The second-order valence-corrected chi connectivity index (χ2v) is 6.17. The maximum absolute atomic E-state index is 13.2. The Morgan fingerprint density at radius 2 is 1.61 bits per heavy atom. The molecular weight excluding hydrogens is 353 g/mol. The standard InChI is InChI=1S/C22H18FN5/c23-18-8-10-19(11-9-18)26-21-13-20(25-15-16-5-4-12-24-14-16)27-22(28-21)17-6-2-1-3-7-17/h1-14H,15H2,(H2,25,26,27,28). The summed E-state index contributed by atoms with van der Waals surface area (Å²) in [5.74, 6) is 1.62. The number of hydrogen-bond donors (Lipinski definition) is 2. The summed E-state index contributed by atoms with van der Waals surface area (Å²) in [7, 11) is 0. The van der Waals surface area contributed by atoms with E-state index in [9.17, 15) is 4.39 Å². The largest absolute Gasteiger partial charge is 0.366 e. The van der Waals surface area contributed by atoms with E-state index < -0.39 is 0 Å². The average Bonchev–Trinajstić information content (AvgIpc) is 2.75. The molecule has 0 aliphatic heterocycles. The molecule has 0 aliphatic carbocycles. The van der Waals surface area contributed by atoms with Crippen LogP contribution < -0.4 is 10.6 Å². The summed E-state index contributed by atoms with van der Waals surface area (Å²) in [6.45, 7) is 0.592. The van der Waals surface area contributed by atoms with Crippen molar-refractivity contribution < 1.29 is 4.39 Å². The minimum Gasteiger partial charge on any atom is -0.366 e. The Kier molecular flexibility index (Phi) is 5.20. The predicted molar refractivity (Wildman–Crippen MR) is 109 cm³/mol. The van der Waals surface area contributed by atoms with E-state index in [1.807, 2.05) is 54.7 Å². The molecule has 2 N–H and O–H groups in total. The van der Waals surface area contributed by atoms with Crippen LogP contribution in [0.5, 0.6) is 0 Å². The summed E-state index contributed by atoms with van der Waals surface area (Å²) in [5, 5.41) is 6.53. The van der Waals surface area contributed by atoms with Crippen LogP contribution in [0.25, 0.3) is 11.4 Å². The van der Waals surface area contributed by atoms with Crippen LogP contribution in [-0.2, 0) is 6.54 Å². The fourth-order valence-electron chi connectivity index (χ4n) is 2.69. The normalized spacial score (nSPS) is 10.5. The molecule has 2 aromatic carbocycles. The summed E-state index contributed by atoms with van der Waals surface area (Å²) < 4.78 is 13.2. The van der Waals surface area contributed by atoms with Crippen LogP contribution in [0.4, 0.5) is 21.7 Å². The first-order valence-corrected chi connectivity index (χ1v) is 8.86. The fourth-order valence-corrected chi connectivity index (χ4v) is 2.69. The van der Waals surface area contributed by atoms with Crippen LogP contribution >= 0.6 is 0 Å². The lowest BCUT2D eigenvalue weighted by Gasteiger charge is -2.12. The number of hydrogen-bond acceptors (Lipinski definition) is 5. The molecule has 0 amide bonds. The van der Waals surface area contributed by atoms with E-state index in [0.717, 1.165) is 16.8 Å². The second-order valence-electron chi connectivity index (χ2n) is 6.17. The quantitative estimate of drug-likeness (QED) is 0.497. The lowest BCUT2D eigenvalue weighted by molar-refractivity contribution is 0.628. The SMILES string of the molecule is Fc1ccc(Nc2cc(NCc3cccnc3)nc(-c3ccccc3)n2)cc1. The van der Waals surface area contributed by atoms with Crippen molar-refractivity contribution in [2.75, 3.05) is 10.6 Å². The average molecular weight is 371 g/mol. The number of halogens is 1. The molecule has 4 rings (SSSR count). The molecule has 0 aliphatic rings. The number of nitrogens with one attached hydrogen (secondary N) is 2. The molecule has 0 saturated carbocycles. The third-order valence-electron chi connectivity index (χ3n) is 4.07. The van der Waals surface area contributed by atoms with Gasteiger partial charge in [-0.25, -0.2) is 14.4 Å². The molecular formula is C22H18FN5. The van der Waals surface area contributed by atoms with Crippen molar-refractivity contribution in [2.24, 2.45) is 0 Å². The van der Waals surface area contributed by atoms with Gasteiger partial charge in [0.25, 0.3) is 0 Å². The van der Waals surface area contributed by atoms with Crippen molar-refractivity contribution >= 4 is 17.3 Å². The van der Waals surface area contributed by atoms with Gasteiger partial charge in [0.15, 0.2) is 5.82 Å². The van der Waals surface area contributed by atoms with Gasteiger partial charge in [-0.1, -0.05) is 36.4 Å². The van der Waals surface area contributed by atoms with Gasteiger partial charge in [-0.15, -0.1) is 0 Å². The van der Waals surface area contributed by atoms with E-state index in [2.05, 4.69) is 25.6 Å². The lowest BCUT2D eigenvalue weighted by Crippen LogP contribution is -2.05. The van der Waals surface area contributed by atoms with Crippen molar-refractivity contribution in [1.29, 1.82) is 0 Å². The Bertz CT molecular complexity index is 1040. The van der Waals surface area contributed by atoms with Crippen molar-refractivity contribution in [3.63, 3.8) is 0 Å². The van der Waals surface area contributed by atoms with E-state index in [0.29, 0.717) is 24.0 Å². The van der Waals surface area contributed by atoms with Gasteiger partial charge in [-0.2, -0.15) is 0 Å². The number of nitrogens with zero attached hydrogens (tertiary/aromatic N) is 3. The van der Waals surface area contributed by atoms with E-state index in [4.69, 9.17) is 0 Å². The van der Waals surface area contributed by atoms with Crippen LogP contribution in [0.15, 0.2) is 85.2 Å². The molecule has 0 bridgehead atoms. The van der Waals surface area contributed by atoms with Crippen LogP contribution in [0.2, 0.25) is 0 Å². The third kappa shape index (κ3) is 4.48. The van der Waals surface area contributed by atoms with Gasteiger partial charge in [0, 0.05) is 36.3 Å². The fraction of sp³-hybridized carbons (Fsp3) is 0.0455. The summed E-state index contributed by atoms with van der Waals surface area (Å²) in [4.78, 5) is 13.4. The van der Waals surface area contributed by atoms with Gasteiger partial charge in [0.2, 0.25) is 0 Å². The zero-order valence-electron chi connectivity index (χ0n) is 15.0. The lowest BCUT2D eigenvalue weighted by atomic mass is 10.2. The van der Waals surface area contributed by atoms with Gasteiger partial charge in [-0.05, 0) is 35.9 Å². The molecule has 2 heterocycles. The van der Waals surface area contributed by atoms with Crippen LogP contribution in [0.1, 0.15) is 5.56 Å². The van der Waals surface area contributed by atoms with Gasteiger partial charge in [0.05, 0.1) is 0 Å². The first-order chi connectivity index (χ1) is 13.8. The maximum atomic E-state index is 13.2. The highest BCUT2D eigenvalue weighted by atomic mass is 19.1. The molecule has 0 radical (unpaired) electrons. The van der Waals surface area contributed by atoms with Crippen molar-refractivity contribution in [3.8, 4) is 11.4 Å². The van der Waals surface area contributed by atoms with Crippen LogP contribution in [0, 0.1) is 5.82 Å². The van der Waals surface area contributed by atoms with Crippen molar-refractivity contribution in [2.45, 2.75) is 6.54 Å². The zero-order valence-corrected chi connectivity index (χ0v) is 15.0. The predicted octanol–water partition coefficient (Wildman–Crippen LogP) is 5.03. The molecule has 0 saturated heterocycles. The highest BCUT2D eigenvalue weighted by molar-refractivity contribution is 5.65. The summed E-state index contributed by atoms with van der Waals surface area (Å²) in [5.41, 5.74) is 2.71. The molecule has 0 unspecified atom stereocenters. The Morgan fingerprint density at radius 3 is 2.36 bits per heavy atom. The van der Waals surface area contributed by atoms with Gasteiger partial charge < -0.3 is 10.6 Å². The Morgan fingerprint density at radius 1 is 0.821 bits per heavy atom. The first-order valence-electron chi connectivity index (χ1n) is 8.86. The van der Waals surface area contributed by atoms with E-state index in [-0.39, 0.29) is 5.82 Å². The molecule has 0 spiro atoms. The third-order valence-corrected chi connectivity index (χ3v) is 4.07. The van der Waals surface area contributed by atoms with Gasteiger partial charge in [-0.3, -0.25) is 4.98 Å². The summed E-state index contributed by atoms with van der Waals surface area (Å²) in [6.07, 6.45) is 3.55. The van der Waals surface area contributed by atoms with Gasteiger partial charge >= 0.3 is 0 Å². The number of rotatable bonds is 6. The molecule has 4 aromatic rings. The summed E-state index contributed by atoms with van der Waals surface area (Å²) in [6, 6.07) is 21.6. The first kappa shape index (κ1) is 17.6. The van der Waals surface area contributed by atoms with E-state index in [1.54, 1.807) is 18.3 Å². The van der Waals surface area contributed by atoms with E-state index in [1.165, 1.54) is 12.1 Å².